The normalized spacial score (nSPS) is 24.0. The Morgan fingerprint density at radius 1 is 1.09 bits per heavy atom. The monoisotopic (exact) mass is 154 g/mol. The van der Waals surface area contributed by atoms with Gasteiger partial charge in [-0.15, -0.1) is 0 Å². The van der Waals surface area contributed by atoms with Gasteiger partial charge in [-0.05, 0) is 0 Å². The molecule has 2 aliphatic rings. The Balaban J connectivity index is 1.73. The van der Waals surface area contributed by atoms with Gasteiger partial charge in [0.05, 0.1) is 19.3 Å². The number of hydrogen-bond acceptors (Lipinski definition) is 6. The maximum Gasteiger partial charge on any atom is 0.112 e. The highest BCUT2D eigenvalue weighted by molar-refractivity contribution is 5.55. The highest BCUT2D eigenvalue weighted by Crippen LogP contribution is 1.93. The maximum absolute atomic E-state index is 4.00. The SMILES string of the molecule is C1=NCN(CN2CN=CN2)N1. The summed E-state index contributed by atoms with van der Waals surface area (Å²) in [6.45, 7) is 2.19. The molecule has 0 spiro atoms. The molecule has 11 heavy (non-hydrogen) atoms. The summed E-state index contributed by atoms with van der Waals surface area (Å²) in [5.41, 5.74) is 5.98. The number of rotatable bonds is 2. The van der Waals surface area contributed by atoms with Gasteiger partial charge in [-0.3, -0.25) is 9.98 Å². The predicted octanol–water partition coefficient (Wildman–Crippen LogP) is -1.44. The van der Waals surface area contributed by atoms with Gasteiger partial charge in [0, 0.05) is 0 Å². The van der Waals surface area contributed by atoms with E-state index in [0.29, 0.717) is 13.3 Å². The van der Waals surface area contributed by atoms with Crippen LogP contribution in [-0.4, -0.2) is 42.7 Å². The Labute approximate surface area is 64.5 Å². The Hall–Kier alpha value is -1.14. The van der Waals surface area contributed by atoms with E-state index in [1.807, 2.05) is 10.0 Å². The summed E-state index contributed by atoms with van der Waals surface area (Å²) >= 11 is 0. The van der Waals surface area contributed by atoms with Crippen molar-refractivity contribution in [3.63, 3.8) is 0 Å². The van der Waals surface area contributed by atoms with E-state index in [4.69, 9.17) is 0 Å². The average Bonchev–Trinajstić information content (AvgIpc) is 2.60. The Morgan fingerprint density at radius 2 is 1.64 bits per heavy atom. The number of nitrogens with one attached hydrogen (secondary N) is 2. The van der Waals surface area contributed by atoms with Crippen LogP contribution < -0.4 is 10.9 Å². The molecule has 0 fully saturated rings. The van der Waals surface area contributed by atoms with Gasteiger partial charge in [0.25, 0.3) is 0 Å². The van der Waals surface area contributed by atoms with Crippen molar-refractivity contribution in [3.8, 4) is 0 Å². The molecule has 0 saturated heterocycles. The minimum absolute atomic E-state index is 0.707. The highest BCUT2D eigenvalue weighted by Gasteiger charge is 2.12. The number of aliphatic imine (C=N–C) groups is 2. The van der Waals surface area contributed by atoms with E-state index in [1.54, 1.807) is 12.7 Å². The second-order valence-corrected chi connectivity index (χ2v) is 2.39. The standard InChI is InChI=1S/C5H10N6/c1-6-3-10(8-1)5-11-4-7-2-9-11/h1-2H,3-5H2,(H,6,8)(H,7,9). The van der Waals surface area contributed by atoms with Gasteiger partial charge in [0.2, 0.25) is 0 Å². The minimum Gasteiger partial charge on any atom is -0.307 e. The molecular formula is C5H10N6. The molecule has 6 nitrogen and oxygen atoms in total. The second kappa shape index (κ2) is 2.85. The molecule has 0 bridgehead atoms. The van der Waals surface area contributed by atoms with Crippen LogP contribution in [0.3, 0.4) is 0 Å². The zero-order valence-electron chi connectivity index (χ0n) is 6.06. The van der Waals surface area contributed by atoms with Gasteiger partial charge in [-0.1, -0.05) is 0 Å². The molecule has 0 aromatic heterocycles. The lowest BCUT2D eigenvalue weighted by Gasteiger charge is -2.21. The average molecular weight is 154 g/mol. The third-order valence-corrected chi connectivity index (χ3v) is 1.51. The summed E-state index contributed by atoms with van der Waals surface area (Å²) in [5.74, 6) is 0. The zero-order valence-corrected chi connectivity index (χ0v) is 6.06. The van der Waals surface area contributed by atoms with E-state index in [1.165, 1.54) is 0 Å². The molecular weight excluding hydrogens is 144 g/mol. The first-order chi connectivity index (χ1) is 5.45. The lowest BCUT2D eigenvalue weighted by molar-refractivity contribution is 0.115. The van der Waals surface area contributed by atoms with Crippen LogP contribution in [0, 0.1) is 0 Å². The van der Waals surface area contributed by atoms with Crippen molar-refractivity contribution in [3.05, 3.63) is 0 Å². The van der Waals surface area contributed by atoms with Crippen molar-refractivity contribution in [2.24, 2.45) is 9.98 Å². The summed E-state index contributed by atoms with van der Waals surface area (Å²) in [4.78, 5) is 8.00. The molecule has 0 radical (unpaired) electrons. The van der Waals surface area contributed by atoms with Crippen molar-refractivity contribution in [2.45, 2.75) is 0 Å². The molecule has 0 amide bonds. The quantitative estimate of drug-likeness (QED) is 0.511. The van der Waals surface area contributed by atoms with Crippen LogP contribution in [0.15, 0.2) is 9.98 Å². The van der Waals surface area contributed by atoms with Crippen LogP contribution in [0.4, 0.5) is 0 Å². The van der Waals surface area contributed by atoms with Crippen LogP contribution in [0.25, 0.3) is 0 Å². The van der Waals surface area contributed by atoms with Gasteiger partial charge >= 0.3 is 0 Å². The minimum atomic E-state index is 0.707. The van der Waals surface area contributed by atoms with Gasteiger partial charge in [0.1, 0.15) is 13.3 Å². The zero-order chi connectivity index (χ0) is 7.52. The predicted molar refractivity (Wildman–Crippen MR) is 41.5 cm³/mol. The summed E-state index contributed by atoms with van der Waals surface area (Å²) in [6.07, 6.45) is 3.38. The Bertz CT molecular complexity index is 151. The largest absolute Gasteiger partial charge is 0.307 e. The van der Waals surface area contributed by atoms with Crippen molar-refractivity contribution >= 4 is 12.7 Å². The number of nitrogens with zero attached hydrogens (tertiary/aromatic N) is 4. The lowest BCUT2D eigenvalue weighted by Crippen LogP contribution is -2.45. The molecule has 0 saturated carbocycles. The van der Waals surface area contributed by atoms with Gasteiger partial charge in [-0.25, -0.2) is 0 Å². The first-order valence-corrected chi connectivity index (χ1v) is 3.44. The first kappa shape index (κ1) is 6.56. The van der Waals surface area contributed by atoms with E-state index < -0.39 is 0 Å². The Morgan fingerprint density at radius 3 is 2.00 bits per heavy atom. The molecule has 2 N–H and O–H groups in total. The van der Waals surface area contributed by atoms with Crippen LogP contribution >= 0.6 is 0 Å². The van der Waals surface area contributed by atoms with Crippen LogP contribution in [0.2, 0.25) is 0 Å². The van der Waals surface area contributed by atoms with Crippen molar-refractivity contribution < 1.29 is 0 Å². The molecule has 0 aromatic carbocycles. The first-order valence-electron chi connectivity index (χ1n) is 3.44. The number of hydrogen-bond donors (Lipinski definition) is 2. The van der Waals surface area contributed by atoms with E-state index >= 15 is 0 Å². The van der Waals surface area contributed by atoms with Gasteiger partial charge in [0.15, 0.2) is 0 Å². The van der Waals surface area contributed by atoms with E-state index in [0.717, 1.165) is 6.67 Å². The van der Waals surface area contributed by atoms with Crippen LogP contribution in [0.1, 0.15) is 0 Å². The van der Waals surface area contributed by atoms with Crippen molar-refractivity contribution in [1.82, 2.24) is 20.9 Å². The van der Waals surface area contributed by atoms with Crippen molar-refractivity contribution in [2.75, 3.05) is 20.0 Å². The molecule has 0 aromatic rings. The third kappa shape index (κ3) is 1.47. The lowest BCUT2D eigenvalue weighted by atomic mass is 10.8. The van der Waals surface area contributed by atoms with Crippen molar-refractivity contribution in [1.29, 1.82) is 0 Å². The highest BCUT2D eigenvalue weighted by atomic mass is 15.7. The third-order valence-electron chi connectivity index (χ3n) is 1.51. The molecule has 0 unspecified atom stereocenters. The second-order valence-electron chi connectivity index (χ2n) is 2.39. The van der Waals surface area contributed by atoms with E-state index in [2.05, 4.69) is 20.8 Å². The molecule has 0 aliphatic carbocycles. The van der Waals surface area contributed by atoms with Crippen LogP contribution in [-0.2, 0) is 0 Å². The molecule has 2 aliphatic heterocycles. The fourth-order valence-corrected chi connectivity index (χ4v) is 0.983. The molecule has 6 heteroatoms. The van der Waals surface area contributed by atoms with E-state index in [9.17, 15) is 0 Å². The van der Waals surface area contributed by atoms with Gasteiger partial charge in [-0.2, -0.15) is 10.0 Å². The molecule has 2 rings (SSSR count). The maximum atomic E-state index is 4.00. The van der Waals surface area contributed by atoms with Gasteiger partial charge < -0.3 is 10.9 Å². The van der Waals surface area contributed by atoms with E-state index in [-0.39, 0.29) is 0 Å². The molecule has 60 valence electrons. The molecule has 0 atom stereocenters. The van der Waals surface area contributed by atoms with Crippen LogP contribution in [0.5, 0.6) is 0 Å². The topological polar surface area (TPSA) is 55.3 Å². The fourth-order valence-electron chi connectivity index (χ4n) is 0.983. The Kier molecular flexibility index (Phi) is 1.70. The smallest absolute Gasteiger partial charge is 0.112 e. The summed E-state index contributed by atoms with van der Waals surface area (Å²) in [7, 11) is 0. The summed E-state index contributed by atoms with van der Waals surface area (Å²) in [6, 6.07) is 0. The fraction of sp³-hybridized carbons (Fsp3) is 0.600. The molecule has 2 heterocycles. The summed E-state index contributed by atoms with van der Waals surface area (Å²) < 4.78 is 0. The summed E-state index contributed by atoms with van der Waals surface area (Å²) in [5, 5.41) is 3.95. The number of hydrazine groups is 2.